The van der Waals surface area contributed by atoms with Crippen LogP contribution < -0.4 is 5.63 Å². The van der Waals surface area contributed by atoms with Gasteiger partial charge in [-0.1, -0.05) is 60.7 Å². The van der Waals surface area contributed by atoms with Gasteiger partial charge in [0.15, 0.2) is 0 Å². The molecule has 5 rings (SSSR count). The molecule has 0 unspecified atom stereocenters. The third kappa shape index (κ3) is 4.57. The largest absolute Gasteiger partial charge is 0.508 e. The summed E-state index contributed by atoms with van der Waals surface area (Å²) in [6.07, 6.45) is -0.106. The van der Waals surface area contributed by atoms with Crippen LogP contribution in [0.15, 0.2) is 82.0 Å². The highest BCUT2D eigenvalue weighted by Crippen LogP contribution is 2.33. The Kier molecular flexibility index (Phi) is 6.48. The van der Waals surface area contributed by atoms with Crippen LogP contribution in [0.2, 0.25) is 0 Å². The molecule has 2 N–H and O–H groups in total. The normalized spacial score (nSPS) is 14.4. The van der Waals surface area contributed by atoms with E-state index in [2.05, 4.69) is 29.2 Å². The van der Waals surface area contributed by atoms with Gasteiger partial charge in [0.2, 0.25) is 5.91 Å². The van der Waals surface area contributed by atoms with E-state index in [4.69, 9.17) is 4.42 Å². The maximum atomic E-state index is 13.2. The van der Waals surface area contributed by atoms with Gasteiger partial charge < -0.3 is 19.5 Å². The Morgan fingerprint density at radius 1 is 0.917 bits per heavy atom. The molecule has 4 aromatic rings. The molecule has 7 heteroatoms. The van der Waals surface area contributed by atoms with Crippen molar-refractivity contribution in [2.24, 2.45) is 0 Å². The summed E-state index contributed by atoms with van der Waals surface area (Å²) in [6.45, 7) is 4.18. The molecule has 1 amide bonds. The Morgan fingerprint density at radius 3 is 2.08 bits per heavy atom. The van der Waals surface area contributed by atoms with Gasteiger partial charge in [0.1, 0.15) is 17.1 Å². The minimum Gasteiger partial charge on any atom is -0.508 e. The summed E-state index contributed by atoms with van der Waals surface area (Å²) < 4.78 is 5.32. The zero-order chi connectivity index (χ0) is 25.2. The zero-order valence-electron chi connectivity index (χ0n) is 20.1. The Morgan fingerprint density at radius 2 is 1.50 bits per heavy atom. The van der Waals surface area contributed by atoms with Crippen molar-refractivity contribution in [3.05, 3.63) is 105 Å². The van der Waals surface area contributed by atoms with E-state index in [0.717, 1.165) is 0 Å². The lowest BCUT2D eigenvalue weighted by molar-refractivity contribution is -0.132. The van der Waals surface area contributed by atoms with Crippen molar-refractivity contribution < 1.29 is 19.4 Å². The number of hydrogen-bond acceptors (Lipinski definition) is 6. The quantitative estimate of drug-likeness (QED) is 0.416. The number of aryl methyl sites for hydroxylation is 1. The molecule has 0 atom stereocenters. The third-order valence-electron chi connectivity index (χ3n) is 6.93. The van der Waals surface area contributed by atoms with Gasteiger partial charge in [0, 0.05) is 38.3 Å². The van der Waals surface area contributed by atoms with E-state index in [-0.39, 0.29) is 41.0 Å². The summed E-state index contributed by atoms with van der Waals surface area (Å²) in [7, 11) is 0. The molecule has 1 fully saturated rings. The lowest BCUT2D eigenvalue weighted by Gasteiger charge is -2.40. The molecular formula is C29H28N2O5. The van der Waals surface area contributed by atoms with Crippen LogP contribution in [0.4, 0.5) is 0 Å². The molecule has 1 aromatic heterocycles. The van der Waals surface area contributed by atoms with E-state index in [9.17, 15) is 19.8 Å². The Labute approximate surface area is 208 Å². The molecule has 1 saturated heterocycles. The molecule has 0 spiro atoms. The molecule has 3 aromatic carbocycles. The topological polar surface area (TPSA) is 94.2 Å². The van der Waals surface area contributed by atoms with Gasteiger partial charge in [-0.2, -0.15) is 0 Å². The van der Waals surface area contributed by atoms with Gasteiger partial charge in [-0.05, 0) is 23.6 Å². The number of phenols is 2. The predicted octanol–water partition coefficient (Wildman–Crippen LogP) is 3.99. The number of carbonyl (C=O) groups is 1. The highest BCUT2D eigenvalue weighted by atomic mass is 16.4. The maximum absolute atomic E-state index is 13.2. The molecule has 36 heavy (non-hydrogen) atoms. The van der Waals surface area contributed by atoms with Crippen molar-refractivity contribution in [3.8, 4) is 11.5 Å². The fourth-order valence-corrected chi connectivity index (χ4v) is 5.09. The van der Waals surface area contributed by atoms with E-state index < -0.39 is 5.63 Å². The van der Waals surface area contributed by atoms with Crippen molar-refractivity contribution in [2.45, 2.75) is 19.4 Å². The van der Waals surface area contributed by atoms with E-state index in [0.29, 0.717) is 37.1 Å². The molecule has 1 aliphatic rings. The van der Waals surface area contributed by atoms with E-state index >= 15 is 0 Å². The second-order valence-corrected chi connectivity index (χ2v) is 9.15. The summed E-state index contributed by atoms with van der Waals surface area (Å²) in [5.41, 5.74) is 2.58. The van der Waals surface area contributed by atoms with E-state index in [1.165, 1.54) is 23.3 Å². The van der Waals surface area contributed by atoms with Crippen LogP contribution in [-0.4, -0.2) is 52.1 Å². The number of benzene rings is 3. The molecular weight excluding hydrogens is 456 g/mol. The number of fused-ring (bicyclic) bond motifs is 1. The molecule has 0 radical (unpaired) electrons. The maximum Gasteiger partial charge on any atom is 0.340 e. The van der Waals surface area contributed by atoms with Crippen molar-refractivity contribution >= 4 is 16.9 Å². The molecule has 0 aliphatic carbocycles. The van der Waals surface area contributed by atoms with Crippen LogP contribution in [0.1, 0.15) is 28.3 Å². The summed E-state index contributed by atoms with van der Waals surface area (Å²) in [5, 5.41) is 20.3. The van der Waals surface area contributed by atoms with Crippen molar-refractivity contribution in [1.29, 1.82) is 0 Å². The Bertz CT molecular complexity index is 1400. The van der Waals surface area contributed by atoms with Crippen LogP contribution in [0.25, 0.3) is 11.0 Å². The van der Waals surface area contributed by atoms with Crippen molar-refractivity contribution in [3.63, 3.8) is 0 Å². The van der Waals surface area contributed by atoms with Gasteiger partial charge in [-0.25, -0.2) is 4.79 Å². The fraction of sp³-hybridized carbons (Fsp3) is 0.241. The van der Waals surface area contributed by atoms with Gasteiger partial charge in [-0.15, -0.1) is 0 Å². The minimum absolute atomic E-state index is 0.0904. The third-order valence-corrected chi connectivity index (χ3v) is 6.93. The first-order valence-corrected chi connectivity index (χ1v) is 12.0. The lowest BCUT2D eigenvalue weighted by Crippen LogP contribution is -2.50. The van der Waals surface area contributed by atoms with Gasteiger partial charge in [0.05, 0.1) is 23.4 Å². The van der Waals surface area contributed by atoms with Crippen LogP contribution in [-0.2, 0) is 11.2 Å². The standard InChI is InChI=1S/C29H28N2O5/c1-19-23(29(35)36-25-17-22(32)16-24(33)27(19)25)18-26(34)30-12-14-31(15-13-30)28(20-8-4-2-5-9-20)21-10-6-3-7-11-21/h2-11,16-17,28,32-33H,12-15,18H2,1H3. The van der Waals surface area contributed by atoms with E-state index in [1.807, 2.05) is 36.4 Å². The van der Waals surface area contributed by atoms with Crippen LogP contribution >= 0.6 is 0 Å². The van der Waals surface area contributed by atoms with Crippen LogP contribution in [0, 0.1) is 6.92 Å². The average Bonchev–Trinajstić information content (AvgIpc) is 2.88. The zero-order valence-corrected chi connectivity index (χ0v) is 20.1. The number of nitrogens with zero attached hydrogens (tertiary/aromatic N) is 2. The second kappa shape index (κ2) is 9.87. The summed E-state index contributed by atoms with van der Waals surface area (Å²) in [4.78, 5) is 30.0. The molecule has 7 nitrogen and oxygen atoms in total. The lowest BCUT2D eigenvalue weighted by atomic mass is 9.96. The molecule has 0 saturated carbocycles. The van der Waals surface area contributed by atoms with Gasteiger partial charge >= 0.3 is 5.63 Å². The van der Waals surface area contributed by atoms with Crippen LogP contribution in [0.3, 0.4) is 0 Å². The summed E-state index contributed by atoms with van der Waals surface area (Å²) in [6, 6.07) is 23.3. The van der Waals surface area contributed by atoms with Gasteiger partial charge in [-0.3, -0.25) is 9.69 Å². The number of carbonyl (C=O) groups excluding carboxylic acids is 1. The van der Waals surface area contributed by atoms with Gasteiger partial charge in [0.25, 0.3) is 0 Å². The fourth-order valence-electron chi connectivity index (χ4n) is 5.09. The first-order valence-electron chi connectivity index (χ1n) is 12.0. The first kappa shape index (κ1) is 23.6. The van der Waals surface area contributed by atoms with E-state index in [1.54, 1.807) is 11.8 Å². The second-order valence-electron chi connectivity index (χ2n) is 9.15. The Hall–Kier alpha value is -4.10. The smallest absolute Gasteiger partial charge is 0.340 e. The summed E-state index contributed by atoms with van der Waals surface area (Å²) >= 11 is 0. The number of piperazine rings is 1. The number of rotatable bonds is 5. The first-order chi connectivity index (χ1) is 17.4. The molecule has 0 bridgehead atoms. The van der Waals surface area contributed by atoms with Crippen molar-refractivity contribution in [2.75, 3.05) is 26.2 Å². The number of phenolic OH excluding ortho intramolecular Hbond substituents is 2. The highest BCUT2D eigenvalue weighted by Gasteiger charge is 2.29. The Balaban J connectivity index is 1.33. The van der Waals surface area contributed by atoms with Crippen LogP contribution in [0.5, 0.6) is 11.5 Å². The predicted molar refractivity (Wildman–Crippen MR) is 137 cm³/mol. The SMILES string of the molecule is Cc1c(CC(=O)N2CCN(C(c3ccccc3)c3ccccc3)CC2)c(=O)oc2cc(O)cc(O)c12. The monoisotopic (exact) mass is 484 g/mol. The number of hydrogen-bond donors (Lipinski definition) is 2. The number of amides is 1. The highest BCUT2D eigenvalue weighted by molar-refractivity contribution is 5.90. The molecule has 1 aliphatic heterocycles. The van der Waals surface area contributed by atoms with Crippen molar-refractivity contribution in [1.82, 2.24) is 9.80 Å². The minimum atomic E-state index is -0.634. The summed E-state index contributed by atoms with van der Waals surface area (Å²) in [5.74, 6) is -0.548. The average molecular weight is 485 g/mol. The number of aromatic hydroxyl groups is 2. The molecule has 184 valence electrons. The molecule has 2 heterocycles.